The smallest absolute Gasteiger partial charge is 0.153 e. The molecule has 10 heavy (non-hydrogen) atoms. The molecule has 0 spiro atoms. The molecule has 0 aromatic rings. The average molecular weight is 160 g/mol. The monoisotopic (exact) mass is 159 g/mol. The first-order chi connectivity index (χ1) is 4.79. The van der Waals surface area contributed by atoms with E-state index in [9.17, 15) is 4.79 Å². The predicted molar refractivity (Wildman–Crippen MR) is 42.8 cm³/mol. The van der Waals surface area contributed by atoms with Crippen LogP contribution in [0.3, 0.4) is 0 Å². The fraction of sp³-hybridized carbons (Fsp3) is 0.286. The fourth-order valence-electron chi connectivity index (χ4n) is 0.603. The Morgan fingerprint density at radius 1 is 1.60 bits per heavy atom. The largest absolute Gasteiger partial charge is 0.388 e. The predicted octanol–water partition coefficient (Wildman–Crippen LogP) is 1.43. The van der Waals surface area contributed by atoms with Gasteiger partial charge in [0.1, 0.15) is 0 Å². The van der Waals surface area contributed by atoms with Crippen LogP contribution in [0.1, 0.15) is 6.92 Å². The Bertz CT molecular complexity index is 172. The van der Waals surface area contributed by atoms with Crippen LogP contribution in [-0.4, -0.2) is 13.3 Å². The molecule has 0 bridgehead atoms. The van der Waals surface area contributed by atoms with Crippen molar-refractivity contribution in [3.63, 3.8) is 0 Å². The number of likely N-dealkylation sites (N-methyl/N-ethyl adjacent to an activating group) is 1. The van der Waals surface area contributed by atoms with E-state index in [1.807, 2.05) is 6.92 Å². The van der Waals surface area contributed by atoms with Crippen molar-refractivity contribution in [1.82, 2.24) is 5.32 Å². The van der Waals surface area contributed by atoms with Crippen LogP contribution in [0.5, 0.6) is 0 Å². The Kier molecular flexibility index (Phi) is 4.67. The third-order valence-electron chi connectivity index (χ3n) is 1.11. The lowest BCUT2D eigenvalue weighted by Gasteiger charge is -2.02. The van der Waals surface area contributed by atoms with E-state index in [-0.39, 0.29) is 0 Å². The van der Waals surface area contributed by atoms with Crippen molar-refractivity contribution >= 4 is 17.9 Å². The number of hydrogen-bond acceptors (Lipinski definition) is 2. The summed E-state index contributed by atoms with van der Waals surface area (Å²) < 4.78 is 0. The summed E-state index contributed by atoms with van der Waals surface area (Å²) in [5.41, 5.74) is 2.45. The van der Waals surface area contributed by atoms with Crippen molar-refractivity contribution in [1.29, 1.82) is 0 Å². The third-order valence-corrected chi connectivity index (χ3v) is 1.35. The van der Waals surface area contributed by atoms with Crippen LogP contribution < -0.4 is 5.32 Å². The number of hydrogen-bond donors (Lipinski definition) is 1. The molecule has 0 rings (SSSR count). The molecular formula is C7H10ClNO. The quantitative estimate of drug-likeness (QED) is 0.384. The zero-order chi connectivity index (χ0) is 7.98. The van der Waals surface area contributed by atoms with Crippen LogP contribution in [0.15, 0.2) is 22.9 Å². The van der Waals surface area contributed by atoms with Gasteiger partial charge in [-0.15, -0.1) is 0 Å². The summed E-state index contributed by atoms with van der Waals surface area (Å²) in [5.74, 6) is 0. The normalized spacial score (nSPS) is 13.1. The first-order valence-electron chi connectivity index (χ1n) is 2.90. The summed E-state index contributed by atoms with van der Waals surface area (Å²) in [7, 11) is 1.74. The van der Waals surface area contributed by atoms with Crippen LogP contribution in [0.2, 0.25) is 0 Å². The highest BCUT2D eigenvalue weighted by Gasteiger charge is 1.97. The second-order valence-electron chi connectivity index (χ2n) is 1.63. The maximum atomic E-state index is 10.3. The van der Waals surface area contributed by atoms with Crippen molar-refractivity contribution in [2.75, 3.05) is 7.05 Å². The summed E-state index contributed by atoms with van der Waals surface area (Å²) in [5, 5.41) is 2.83. The van der Waals surface area contributed by atoms with Gasteiger partial charge in [-0.05, 0) is 6.92 Å². The molecule has 0 amide bonds. The maximum absolute atomic E-state index is 10.3. The highest BCUT2D eigenvalue weighted by molar-refractivity contribution is 6.27. The van der Waals surface area contributed by atoms with Gasteiger partial charge in [0.05, 0.1) is 0 Å². The molecule has 0 aliphatic heterocycles. The van der Waals surface area contributed by atoms with Crippen LogP contribution >= 0.6 is 11.6 Å². The number of nitrogens with one attached hydrogen (secondary N) is 1. The third kappa shape index (κ3) is 2.23. The summed E-state index contributed by atoms with van der Waals surface area (Å²) in [4.78, 5) is 10.3. The van der Waals surface area contributed by atoms with Crippen LogP contribution in [-0.2, 0) is 4.79 Å². The van der Waals surface area contributed by atoms with Gasteiger partial charge in [0.15, 0.2) is 6.29 Å². The molecule has 0 aliphatic carbocycles. The molecule has 0 heterocycles. The molecule has 56 valence electrons. The van der Waals surface area contributed by atoms with Gasteiger partial charge in [-0.1, -0.05) is 17.7 Å². The lowest BCUT2D eigenvalue weighted by molar-refractivity contribution is -0.104. The minimum atomic E-state index is 0.465. The Hall–Kier alpha value is -0.760. The minimum Gasteiger partial charge on any atom is -0.388 e. The summed E-state index contributed by atoms with van der Waals surface area (Å²) in [6, 6.07) is 0. The molecule has 3 heteroatoms. The van der Waals surface area contributed by atoms with Gasteiger partial charge >= 0.3 is 0 Å². The van der Waals surface area contributed by atoms with Crippen molar-refractivity contribution in [3.05, 3.63) is 22.9 Å². The second-order valence-corrected chi connectivity index (χ2v) is 1.85. The van der Waals surface area contributed by atoms with Crippen molar-refractivity contribution in [2.45, 2.75) is 6.92 Å². The first-order valence-corrected chi connectivity index (χ1v) is 3.33. The molecule has 0 radical (unpaired) electrons. The lowest BCUT2D eigenvalue weighted by atomic mass is 10.2. The second kappa shape index (κ2) is 5.06. The number of carbonyl (C=O) groups excluding carboxylic acids is 1. The summed E-state index contributed by atoms with van der Waals surface area (Å²) >= 11 is 5.35. The molecule has 0 fully saturated rings. The highest BCUT2D eigenvalue weighted by Crippen LogP contribution is 2.03. The zero-order valence-corrected chi connectivity index (χ0v) is 6.77. The Labute approximate surface area is 65.6 Å². The Morgan fingerprint density at radius 2 is 2.20 bits per heavy atom. The van der Waals surface area contributed by atoms with Crippen molar-refractivity contribution < 1.29 is 4.79 Å². The van der Waals surface area contributed by atoms with Crippen LogP contribution in [0.25, 0.3) is 0 Å². The summed E-state index contributed by atoms with van der Waals surface area (Å²) in [6.07, 6.45) is 2.49. The number of carbonyl (C=O) groups is 1. The fourth-order valence-corrected chi connectivity index (χ4v) is 0.772. The van der Waals surface area contributed by atoms with Gasteiger partial charge in [-0.25, -0.2) is 0 Å². The van der Waals surface area contributed by atoms with E-state index in [1.165, 1.54) is 5.54 Å². The van der Waals surface area contributed by atoms with Gasteiger partial charge in [0.2, 0.25) is 0 Å². The maximum Gasteiger partial charge on any atom is 0.153 e. The van der Waals surface area contributed by atoms with E-state index in [0.717, 1.165) is 5.70 Å². The molecule has 0 aliphatic rings. The van der Waals surface area contributed by atoms with E-state index in [4.69, 9.17) is 11.6 Å². The van der Waals surface area contributed by atoms with E-state index < -0.39 is 0 Å². The standard InChI is InChI=1S/C7H10ClNO/c1-3-7(9-2)6(4-8)5-10/h3-5,9H,1-2H3/b6-4+,7-3+. The van der Waals surface area contributed by atoms with Gasteiger partial charge in [0, 0.05) is 23.9 Å². The minimum absolute atomic E-state index is 0.465. The first kappa shape index (κ1) is 9.24. The number of allylic oxidation sites excluding steroid dienone is 2. The molecule has 0 unspecified atom stereocenters. The number of rotatable bonds is 3. The topological polar surface area (TPSA) is 29.1 Å². The molecule has 0 aromatic heterocycles. The molecule has 0 saturated carbocycles. The summed E-state index contributed by atoms with van der Waals surface area (Å²) in [6.45, 7) is 1.83. The van der Waals surface area contributed by atoms with Crippen molar-refractivity contribution in [2.24, 2.45) is 0 Å². The van der Waals surface area contributed by atoms with Crippen molar-refractivity contribution in [3.8, 4) is 0 Å². The van der Waals surface area contributed by atoms with E-state index >= 15 is 0 Å². The van der Waals surface area contributed by atoms with Gasteiger partial charge in [-0.3, -0.25) is 4.79 Å². The van der Waals surface area contributed by atoms with Crippen LogP contribution in [0, 0.1) is 0 Å². The highest BCUT2D eigenvalue weighted by atomic mass is 35.5. The van der Waals surface area contributed by atoms with E-state index in [2.05, 4.69) is 5.32 Å². The average Bonchev–Trinajstić information content (AvgIpc) is 2.00. The molecule has 0 atom stereocenters. The molecule has 2 nitrogen and oxygen atoms in total. The lowest BCUT2D eigenvalue weighted by Crippen LogP contribution is -2.08. The number of aldehydes is 1. The van der Waals surface area contributed by atoms with E-state index in [1.54, 1.807) is 13.1 Å². The van der Waals surface area contributed by atoms with Gasteiger partial charge < -0.3 is 5.32 Å². The van der Waals surface area contributed by atoms with Crippen LogP contribution in [0.4, 0.5) is 0 Å². The Balaban J connectivity index is 4.42. The SMILES string of the molecule is C/C=C(NC)\C(C=O)=C\Cl. The van der Waals surface area contributed by atoms with Gasteiger partial charge in [-0.2, -0.15) is 0 Å². The van der Waals surface area contributed by atoms with E-state index in [0.29, 0.717) is 11.9 Å². The molecule has 0 saturated heterocycles. The number of halogens is 1. The Morgan fingerprint density at radius 3 is 2.30 bits per heavy atom. The van der Waals surface area contributed by atoms with Gasteiger partial charge in [0.25, 0.3) is 0 Å². The zero-order valence-electron chi connectivity index (χ0n) is 6.02. The molecule has 1 N–H and O–H groups in total. The molecule has 0 aromatic carbocycles. The molecular weight excluding hydrogens is 150 g/mol.